The normalized spacial score (nSPS) is 19.4. The minimum atomic E-state index is -3.57. The van der Waals surface area contributed by atoms with Gasteiger partial charge in [-0.25, -0.2) is 13.4 Å². The largest absolute Gasteiger partial charge is 0.373 e. The second kappa shape index (κ2) is 6.61. The molecule has 1 saturated heterocycles. The number of anilines is 1. The van der Waals surface area contributed by atoms with Crippen LogP contribution in [0.25, 0.3) is 0 Å². The van der Waals surface area contributed by atoms with Crippen LogP contribution < -0.4 is 5.32 Å². The molecule has 1 aliphatic heterocycles. The molecule has 0 amide bonds. The molecule has 0 unspecified atom stereocenters. The molecule has 0 spiro atoms. The minimum absolute atomic E-state index is 0.192. The maximum Gasteiger partial charge on any atom is 0.244 e. The molecule has 0 radical (unpaired) electrons. The summed E-state index contributed by atoms with van der Waals surface area (Å²) in [6, 6.07) is 8.71. The van der Waals surface area contributed by atoms with Gasteiger partial charge in [-0.05, 0) is 24.3 Å². The average molecular weight is 334 g/mol. The Kier molecular flexibility index (Phi) is 4.56. The molecule has 3 heterocycles. The van der Waals surface area contributed by atoms with Crippen LogP contribution in [0.4, 0.5) is 5.82 Å². The lowest BCUT2D eigenvalue weighted by atomic mass is 10.2. The van der Waals surface area contributed by atoms with Crippen LogP contribution in [0, 0.1) is 0 Å². The summed E-state index contributed by atoms with van der Waals surface area (Å²) in [5, 5.41) is 2.97. The summed E-state index contributed by atoms with van der Waals surface area (Å²) < 4.78 is 32.5. The lowest BCUT2D eigenvalue weighted by molar-refractivity contribution is -0.00486. The molecule has 0 aromatic carbocycles. The highest BCUT2D eigenvalue weighted by Gasteiger charge is 2.32. The lowest BCUT2D eigenvalue weighted by Crippen LogP contribution is -2.42. The number of pyridine rings is 2. The van der Waals surface area contributed by atoms with Gasteiger partial charge in [-0.1, -0.05) is 6.07 Å². The summed E-state index contributed by atoms with van der Waals surface area (Å²) in [5.41, 5.74) is 0.711. The van der Waals surface area contributed by atoms with Gasteiger partial charge >= 0.3 is 0 Å². The lowest BCUT2D eigenvalue weighted by Gasteiger charge is -2.31. The molecule has 0 bridgehead atoms. The molecule has 2 aromatic rings. The molecule has 122 valence electrons. The van der Waals surface area contributed by atoms with Gasteiger partial charge < -0.3 is 10.1 Å². The van der Waals surface area contributed by atoms with Gasteiger partial charge in [-0.2, -0.15) is 4.31 Å². The number of hydrogen-bond donors (Lipinski definition) is 1. The molecule has 23 heavy (non-hydrogen) atoms. The molecule has 1 N–H and O–H groups in total. The van der Waals surface area contributed by atoms with Crippen molar-refractivity contribution in [3.63, 3.8) is 0 Å². The van der Waals surface area contributed by atoms with Crippen LogP contribution >= 0.6 is 0 Å². The molecule has 1 aliphatic rings. The van der Waals surface area contributed by atoms with Crippen molar-refractivity contribution in [1.82, 2.24) is 14.3 Å². The first-order valence-corrected chi connectivity index (χ1v) is 8.72. The third kappa shape index (κ3) is 3.34. The molecule has 3 rings (SSSR count). The summed E-state index contributed by atoms with van der Waals surface area (Å²) >= 11 is 0. The van der Waals surface area contributed by atoms with E-state index in [-0.39, 0.29) is 17.5 Å². The van der Waals surface area contributed by atoms with Gasteiger partial charge in [0.15, 0.2) is 0 Å². The highest BCUT2D eigenvalue weighted by atomic mass is 32.2. The van der Waals surface area contributed by atoms with Gasteiger partial charge in [-0.15, -0.1) is 0 Å². The Balaban J connectivity index is 1.83. The summed E-state index contributed by atoms with van der Waals surface area (Å²) in [4.78, 5) is 8.51. The van der Waals surface area contributed by atoms with E-state index in [1.54, 1.807) is 25.4 Å². The van der Waals surface area contributed by atoms with Crippen LogP contribution in [0.1, 0.15) is 11.8 Å². The zero-order valence-electron chi connectivity index (χ0n) is 12.7. The van der Waals surface area contributed by atoms with Crippen molar-refractivity contribution >= 4 is 15.8 Å². The van der Waals surface area contributed by atoms with Gasteiger partial charge in [0.1, 0.15) is 16.8 Å². The maximum absolute atomic E-state index is 12.7. The van der Waals surface area contributed by atoms with Crippen LogP contribution in [-0.4, -0.2) is 49.4 Å². The minimum Gasteiger partial charge on any atom is -0.373 e. The van der Waals surface area contributed by atoms with Crippen molar-refractivity contribution < 1.29 is 13.2 Å². The van der Waals surface area contributed by atoms with Crippen molar-refractivity contribution in [2.75, 3.05) is 32.1 Å². The Labute approximate surface area is 135 Å². The first kappa shape index (κ1) is 15.9. The van der Waals surface area contributed by atoms with Gasteiger partial charge in [0.25, 0.3) is 0 Å². The Bertz CT molecular complexity index is 767. The van der Waals surface area contributed by atoms with E-state index >= 15 is 0 Å². The monoisotopic (exact) mass is 334 g/mol. The van der Waals surface area contributed by atoms with Crippen molar-refractivity contribution in [3.8, 4) is 0 Å². The number of rotatable bonds is 4. The Morgan fingerprint density at radius 3 is 2.91 bits per heavy atom. The van der Waals surface area contributed by atoms with E-state index < -0.39 is 10.0 Å². The molecule has 0 saturated carbocycles. The molecule has 1 atom stereocenters. The van der Waals surface area contributed by atoms with Crippen LogP contribution in [0.3, 0.4) is 0 Å². The van der Waals surface area contributed by atoms with Gasteiger partial charge in [0, 0.05) is 32.5 Å². The number of hydrogen-bond acceptors (Lipinski definition) is 6. The summed E-state index contributed by atoms with van der Waals surface area (Å²) in [6.45, 7) is 0.881. The molecule has 2 aromatic heterocycles. The highest BCUT2D eigenvalue weighted by molar-refractivity contribution is 7.89. The topological polar surface area (TPSA) is 84.4 Å². The smallest absolute Gasteiger partial charge is 0.244 e. The average Bonchev–Trinajstić information content (AvgIpc) is 2.62. The number of morpholine rings is 1. The van der Waals surface area contributed by atoms with E-state index in [2.05, 4.69) is 15.3 Å². The molecule has 8 heteroatoms. The summed E-state index contributed by atoms with van der Waals surface area (Å²) in [6.07, 6.45) is 2.53. The first-order chi connectivity index (χ1) is 11.1. The van der Waals surface area contributed by atoms with Crippen LogP contribution in [-0.2, 0) is 14.8 Å². The van der Waals surface area contributed by atoms with Crippen molar-refractivity contribution in [3.05, 3.63) is 48.4 Å². The molecule has 1 fully saturated rings. The fourth-order valence-electron chi connectivity index (χ4n) is 2.44. The number of nitrogens with zero attached hydrogens (tertiary/aromatic N) is 3. The Morgan fingerprint density at radius 2 is 2.17 bits per heavy atom. The molecule has 0 aliphatic carbocycles. The van der Waals surface area contributed by atoms with E-state index in [0.717, 1.165) is 5.82 Å². The first-order valence-electron chi connectivity index (χ1n) is 7.28. The predicted molar refractivity (Wildman–Crippen MR) is 85.5 cm³/mol. The quantitative estimate of drug-likeness (QED) is 0.907. The number of aromatic nitrogens is 2. The van der Waals surface area contributed by atoms with Gasteiger partial charge in [0.05, 0.1) is 12.3 Å². The molecular formula is C15H18N4O3S. The predicted octanol–water partition coefficient (Wildman–Crippen LogP) is 1.28. The van der Waals surface area contributed by atoms with Crippen LogP contribution in [0.15, 0.2) is 47.6 Å². The van der Waals surface area contributed by atoms with E-state index in [4.69, 9.17) is 4.74 Å². The van der Waals surface area contributed by atoms with E-state index in [9.17, 15) is 8.42 Å². The second-order valence-electron chi connectivity index (χ2n) is 5.11. The Hall–Kier alpha value is -2.03. The third-order valence-corrected chi connectivity index (χ3v) is 5.51. The number of sulfonamides is 1. The number of ether oxygens (including phenoxy) is 1. The van der Waals surface area contributed by atoms with Gasteiger partial charge in [-0.3, -0.25) is 4.98 Å². The fraction of sp³-hybridized carbons (Fsp3) is 0.333. The zero-order valence-corrected chi connectivity index (χ0v) is 13.5. The fourth-order valence-corrected chi connectivity index (χ4v) is 3.83. The highest BCUT2D eigenvalue weighted by Crippen LogP contribution is 2.25. The second-order valence-corrected chi connectivity index (χ2v) is 7.05. The SMILES string of the molecule is CNc1cccc([C@H]2CN(S(=O)(=O)c3cccnc3)CCO2)n1. The third-order valence-electron chi connectivity index (χ3n) is 3.66. The maximum atomic E-state index is 12.7. The van der Waals surface area contributed by atoms with E-state index in [1.807, 2.05) is 18.2 Å². The Morgan fingerprint density at radius 1 is 1.30 bits per heavy atom. The molecule has 7 nitrogen and oxygen atoms in total. The number of nitrogens with one attached hydrogen (secondary N) is 1. The summed E-state index contributed by atoms with van der Waals surface area (Å²) in [5.74, 6) is 0.721. The van der Waals surface area contributed by atoms with Crippen molar-refractivity contribution in [1.29, 1.82) is 0 Å². The van der Waals surface area contributed by atoms with E-state index in [0.29, 0.717) is 18.8 Å². The molecular weight excluding hydrogens is 316 g/mol. The van der Waals surface area contributed by atoms with Crippen molar-refractivity contribution in [2.45, 2.75) is 11.0 Å². The van der Waals surface area contributed by atoms with Crippen molar-refractivity contribution in [2.24, 2.45) is 0 Å². The van der Waals surface area contributed by atoms with Crippen LogP contribution in [0.5, 0.6) is 0 Å². The summed E-state index contributed by atoms with van der Waals surface area (Å²) in [7, 11) is -1.79. The standard InChI is InChI=1S/C15H18N4O3S/c1-16-15-6-2-5-13(18-15)14-11-19(8-9-22-14)23(20,21)12-4-3-7-17-10-12/h2-7,10,14H,8-9,11H2,1H3,(H,16,18)/t14-/m1/s1. The zero-order chi connectivity index (χ0) is 16.3. The van der Waals surface area contributed by atoms with Gasteiger partial charge in [0.2, 0.25) is 10.0 Å². The van der Waals surface area contributed by atoms with Crippen LogP contribution in [0.2, 0.25) is 0 Å². The van der Waals surface area contributed by atoms with E-state index in [1.165, 1.54) is 10.5 Å².